The molecule has 3 rings (SSSR count). The first-order chi connectivity index (χ1) is 12.3. The average molecular weight is 380 g/mol. The van der Waals surface area contributed by atoms with Gasteiger partial charge in [-0.05, 0) is 42.7 Å². The van der Waals surface area contributed by atoms with Gasteiger partial charge >= 0.3 is 0 Å². The first-order valence-electron chi connectivity index (χ1n) is 8.23. The average Bonchev–Trinajstić information content (AvgIpc) is 2.59. The number of amides is 1. The number of aryl methyl sites for hydroxylation is 1. The Balaban J connectivity index is 1.94. The van der Waals surface area contributed by atoms with Crippen molar-refractivity contribution in [2.24, 2.45) is 0 Å². The molecule has 1 aliphatic heterocycles. The first-order valence-corrected chi connectivity index (χ1v) is 9.71. The van der Waals surface area contributed by atoms with Gasteiger partial charge in [-0.2, -0.15) is 0 Å². The standard InChI is InChI=1S/C18H18F2N2O3S/c1-2-18(23)22-9-3-4-12-5-7-14(11-16(12)22)21-26(24,25)17-8-6-13(19)10-15(17)20/h5-8,10-11,21H,2-4,9H2,1H3. The minimum absolute atomic E-state index is 0.0458. The van der Waals surface area contributed by atoms with Crippen molar-refractivity contribution in [3.8, 4) is 0 Å². The van der Waals surface area contributed by atoms with Crippen molar-refractivity contribution in [2.75, 3.05) is 16.2 Å². The van der Waals surface area contributed by atoms with Gasteiger partial charge in [0.1, 0.15) is 16.5 Å². The summed E-state index contributed by atoms with van der Waals surface area (Å²) in [7, 11) is -4.23. The Hall–Kier alpha value is -2.48. The largest absolute Gasteiger partial charge is 0.312 e. The highest BCUT2D eigenvalue weighted by atomic mass is 32.2. The fourth-order valence-electron chi connectivity index (χ4n) is 2.99. The van der Waals surface area contributed by atoms with Crippen molar-refractivity contribution in [3.63, 3.8) is 0 Å². The minimum Gasteiger partial charge on any atom is -0.312 e. The monoisotopic (exact) mass is 380 g/mol. The third kappa shape index (κ3) is 3.55. The molecule has 0 aromatic heterocycles. The van der Waals surface area contributed by atoms with Gasteiger partial charge in [0.05, 0.1) is 5.69 Å². The van der Waals surface area contributed by atoms with Crippen molar-refractivity contribution in [1.82, 2.24) is 0 Å². The normalized spacial score (nSPS) is 14.0. The van der Waals surface area contributed by atoms with E-state index in [1.165, 1.54) is 0 Å². The summed E-state index contributed by atoms with van der Waals surface area (Å²) < 4.78 is 54.0. The molecule has 0 saturated heterocycles. The van der Waals surface area contributed by atoms with Crippen LogP contribution in [-0.2, 0) is 21.2 Å². The van der Waals surface area contributed by atoms with Crippen LogP contribution in [-0.4, -0.2) is 20.9 Å². The van der Waals surface area contributed by atoms with E-state index in [2.05, 4.69) is 4.72 Å². The zero-order valence-corrected chi connectivity index (χ0v) is 14.9. The van der Waals surface area contributed by atoms with Gasteiger partial charge in [0.25, 0.3) is 10.0 Å². The summed E-state index contributed by atoms with van der Waals surface area (Å²) in [5, 5.41) is 0. The zero-order chi connectivity index (χ0) is 18.9. The fourth-order valence-corrected chi connectivity index (χ4v) is 4.10. The zero-order valence-electron chi connectivity index (χ0n) is 14.1. The van der Waals surface area contributed by atoms with Crippen LogP contribution in [0.3, 0.4) is 0 Å². The van der Waals surface area contributed by atoms with Crippen molar-refractivity contribution < 1.29 is 22.0 Å². The maximum atomic E-state index is 13.8. The number of nitrogens with zero attached hydrogens (tertiary/aromatic N) is 1. The SMILES string of the molecule is CCC(=O)N1CCCc2ccc(NS(=O)(=O)c3ccc(F)cc3F)cc21. The van der Waals surface area contributed by atoms with Gasteiger partial charge in [0, 0.05) is 24.7 Å². The molecule has 0 spiro atoms. The number of sulfonamides is 1. The summed E-state index contributed by atoms with van der Waals surface area (Å²) in [6, 6.07) is 7.16. The lowest BCUT2D eigenvalue weighted by atomic mass is 10.0. The lowest BCUT2D eigenvalue weighted by Gasteiger charge is -2.29. The van der Waals surface area contributed by atoms with E-state index in [9.17, 15) is 22.0 Å². The third-order valence-electron chi connectivity index (χ3n) is 4.24. The molecule has 0 radical (unpaired) electrons. The first kappa shape index (κ1) is 18.3. The molecule has 0 fully saturated rings. The number of rotatable bonds is 4. The van der Waals surface area contributed by atoms with Gasteiger partial charge in [0.2, 0.25) is 5.91 Å². The summed E-state index contributed by atoms with van der Waals surface area (Å²) >= 11 is 0. The van der Waals surface area contributed by atoms with Crippen LogP contribution in [0.15, 0.2) is 41.3 Å². The Kier molecular flexibility index (Phi) is 4.95. The second kappa shape index (κ2) is 7.03. The van der Waals surface area contributed by atoms with Crippen molar-refractivity contribution in [3.05, 3.63) is 53.6 Å². The van der Waals surface area contributed by atoms with Gasteiger partial charge in [-0.1, -0.05) is 13.0 Å². The molecule has 138 valence electrons. The summed E-state index contributed by atoms with van der Waals surface area (Å²) in [6.07, 6.45) is 1.98. The molecule has 8 heteroatoms. The lowest BCUT2D eigenvalue weighted by Crippen LogP contribution is -2.35. The Morgan fingerprint density at radius 1 is 1.19 bits per heavy atom. The highest BCUT2D eigenvalue weighted by Crippen LogP contribution is 2.31. The van der Waals surface area contributed by atoms with Crippen LogP contribution in [0.5, 0.6) is 0 Å². The van der Waals surface area contributed by atoms with E-state index in [4.69, 9.17) is 0 Å². The van der Waals surface area contributed by atoms with E-state index >= 15 is 0 Å². The van der Waals surface area contributed by atoms with Crippen LogP contribution >= 0.6 is 0 Å². The second-order valence-electron chi connectivity index (χ2n) is 6.03. The Labute approximate surface area is 150 Å². The molecule has 0 atom stereocenters. The molecule has 0 bridgehead atoms. The smallest absolute Gasteiger partial charge is 0.264 e. The molecule has 0 aliphatic carbocycles. The maximum absolute atomic E-state index is 13.8. The molecular formula is C18H18F2N2O3S. The number of hydrogen-bond acceptors (Lipinski definition) is 3. The highest BCUT2D eigenvalue weighted by Gasteiger charge is 2.24. The van der Waals surface area contributed by atoms with Crippen molar-refractivity contribution in [2.45, 2.75) is 31.1 Å². The second-order valence-corrected chi connectivity index (χ2v) is 7.68. The lowest BCUT2D eigenvalue weighted by molar-refractivity contribution is -0.118. The molecular weight excluding hydrogens is 362 g/mol. The third-order valence-corrected chi connectivity index (χ3v) is 5.66. The number of benzene rings is 2. The Bertz CT molecular complexity index is 961. The summed E-state index contributed by atoms with van der Waals surface area (Å²) in [4.78, 5) is 13.1. The predicted octanol–water partition coefficient (Wildman–Crippen LogP) is 3.45. The molecule has 26 heavy (non-hydrogen) atoms. The van der Waals surface area contributed by atoms with Gasteiger partial charge in [-0.15, -0.1) is 0 Å². The summed E-state index contributed by atoms with van der Waals surface area (Å²) in [6.45, 7) is 2.34. The van der Waals surface area contributed by atoms with E-state index in [0.29, 0.717) is 24.7 Å². The fraction of sp³-hybridized carbons (Fsp3) is 0.278. The molecule has 1 aliphatic rings. The van der Waals surface area contributed by atoms with Crippen LogP contribution in [0.1, 0.15) is 25.3 Å². The number of nitrogens with one attached hydrogen (secondary N) is 1. The van der Waals surface area contributed by atoms with Gasteiger partial charge in [-0.25, -0.2) is 17.2 Å². The van der Waals surface area contributed by atoms with Crippen LogP contribution in [0.2, 0.25) is 0 Å². The number of carbonyl (C=O) groups is 1. The number of fused-ring (bicyclic) bond motifs is 1. The van der Waals surface area contributed by atoms with Gasteiger partial charge in [-0.3, -0.25) is 9.52 Å². The van der Waals surface area contributed by atoms with E-state index < -0.39 is 26.6 Å². The van der Waals surface area contributed by atoms with Crippen LogP contribution in [0.4, 0.5) is 20.2 Å². The predicted molar refractivity (Wildman–Crippen MR) is 94.6 cm³/mol. The molecule has 0 saturated carbocycles. The highest BCUT2D eigenvalue weighted by molar-refractivity contribution is 7.92. The Morgan fingerprint density at radius 2 is 1.96 bits per heavy atom. The van der Waals surface area contributed by atoms with Crippen LogP contribution < -0.4 is 9.62 Å². The quantitative estimate of drug-likeness (QED) is 0.883. The van der Waals surface area contributed by atoms with E-state index in [-0.39, 0.29) is 11.6 Å². The summed E-state index contributed by atoms with van der Waals surface area (Å²) in [5.41, 5.74) is 1.82. The maximum Gasteiger partial charge on any atom is 0.264 e. The summed E-state index contributed by atoms with van der Waals surface area (Å²) in [5.74, 6) is -2.07. The molecule has 0 unspecified atom stereocenters. The minimum atomic E-state index is -4.23. The molecule has 1 N–H and O–H groups in total. The number of carbonyl (C=O) groups excluding carboxylic acids is 1. The van der Waals surface area contributed by atoms with Gasteiger partial charge < -0.3 is 4.90 Å². The molecule has 2 aromatic rings. The van der Waals surface area contributed by atoms with Crippen molar-refractivity contribution >= 4 is 27.3 Å². The molecule has 5 nitrogen and oxygen atoms in total. The molecule has 1 heterocycles. The van der Waals surface area contributed by atoms with Crippen LogP contribution in [0, 0.1) is 11.6 Å². The van der Waals surface area contributed by atoms with E-state index in [1.807, 2.05) is 0 Å². The van der Waals surface area contributed by atoms with Gasteiger partial charge in [0.15, 0.2) is 0 Å². The van der Waals surface area contributed by atoms with E-state index in [1.54, 1.807) is 30.0 Å². The van der Waals surface area contributed by atoms with Crippen molar-refractivity contribution in [1.29, 1.82) is 0 Å². The number of hydrogen-bond donors (Lipinski definition) is 1. The molecule has 2 aromatic carbocycles. The number of anilines is 2. The topological polar surface area (TPSA) is 66.5 Å². The van der Waals surface area contributed by atoms with Crippen LogP contribution in [0.25, 0.3) is 0 Å². The molecule has 1 amide bonds. The van der Waals surface area contributed by atoms with E-state index in [0.717, 1.165) is 30.5 Å². The number of halogens is 2. The Morgan fingerprint density at radius 3 is 2.65 bits per heavy atom.